The Morgan fingerprint density at radius 3 is 2.95 bits per heavy atom. The number of carbonyl (C=O) groups is 1. The van der Waals surface area contributed by atoms with Gasteiger partial charge >= 0.3 is 0 Å². The number of ketones is 1. The predicted molar refractivity (Wildman–Crippen MR) is 143 cm³/mol. The number of ether oxygens (including phenoxy) is 2. The van der Waals surface area contributed by atoms with E-state index in [-0.39, 0.29) is 5.78 Å². The van der Waals surface area contributed by atoms with Crippen molar-refractivity contribution in [1.82, 2.24) is 9.88 Å². The van der Waals surface area contributed by atoms with Gasteiger partial charge in [-0.25, -0.2) is 4.98 Å². The van der Waals surface area contributed by atoms with Gasteiger partial charge in [0.15, 0.2) is 17.9 Å². The van der Waals surface area contributed by atoms with Gasteiger partial charge in [0.25, 0.3) is 0 Å². The topological polar surface area (TPSA) is 97.1 Å². The van der Waals surface area contributed by atoms with Gasteiger partial charge in [-0.05, 0) is 65.0 Å². The molecule has 5 rings (SSSR count). The molecule has 1 saturated heterocycles. The van der Waals surface area contributed by atoms with E-state index < -0.39 is 6.10 Å². The first-order chi connectivity index (χ1) is 18.0. The zero-order valence-electron chi connectivity index (χ0n) is 20.9. The summed E-state index contributed by atoms with van der Waals surface area (Å²) in [5.74, 6) is 1.55. The fraction of sp³-hybridized carbons (Fsp3) is 0.429. The molecule has 2 N–H and O–H groups in total. The number of fused-ring (bicyclic) bond motifs is 1. The van der Waals surface area contributed by atoms with Gasteiger partial charge in [0.1, 0.15) is 12.4 Å². The molecule has 3 aromatic rings. The van der Waals surface area contributed by atoms with Gasteiger partial charge in [0, 0.05) is 37.3 Å². The highest BCUT2D eigenvalue weighted by molar-refractivity contribution is 9.10. The van der Waals surface area contributed by atoms with Crippen LogP contribution in [0.15, 0.2) is 51.7 Å². The minimum Gasteiger partial charge on any atom is -0.484 e. The molecule has 2 aliphatic heterocycles. The van der Waals surface area contributed by atoms with E-state index in [4.69, 9.17) is 13.9 Å². The number of aliphatic hydroxyl groups excluding tert-OH is 1. The second-order valence-electron chi connectivity index (χ2n) is 9.73. The molecule has 0 unspecified atom stereocenters. The lowest BCUT2D eigenvalue weighted by atomic mass is 9.98. The molecule has 1 atom stereocenters. The Balaban J connectivity index is 1.10. The van der Waals surface area contributed by atoms with Gasteiger partial charge in [-0.2, -0.15) is 0 Å². The Hall–Kier alpha value is -2.72. The molecule has 0 amide bonds. The second-order valence-corrected chi connectivity index (χ2v) is 10.5. The third-order valence-electron chi connectivity index (χ3n) is 6.95. The summed E-state index contributed by atoms with van der Waals surface area (Å²) >= 11 is 3.72. The summed E-state index contributed by atoms with van der Waals surface area (Å²) in [5.41, 5.74) is 4.88. The van der Waals surface area contributed by atoms with E-state index in [2.05, 4.69) is 37.2 Å². The number of carbonyl (C=O) groups excluding carboxylic acids is 1. The van der Waals surface area contributed by atoms with Crippen LogP contribution in [0.5, 0.6) is 5.75 Å². The molecule has 2 aromatic carbocycles. The van der Waals surface area contributed by atoms with Crippen LogP contribution in [0.3, 0.4) is 0 Å². The van der Waals surface area contributed by atoms with Crippen molar-refractivity contribution < 1.29 is 23.8 Å². The number of anilines is 1. The molecule has 0 aliphatic carbocycles. The number of aliphatic hydroxyl groups is 1. The highest BCUT2D eigenvalue weighted by Gasteiger charge is 2.23. The number of halogens is 1. The van der Waals surface area contributed by atoms with E-state index in [1.54, 1.807) is 0 Å². The molecule has 0 radical (unpaired) electrons. The first kappa shape index (κ1) is 25.9. The molecule has 0 bridgehead atoms. The third-order valence-corrected chi connectivity index (χ3v) is 7.82. The van der Waals surface area contributed by atoms with Gasteiger partial charge in [-0.3, -0.25) is 9.69 Å². The minimum absolute atomic E-state index is 0.0496. The summed E-state index contributed by atoms with van der Waals surface area (Å²) in [7, 11) is 0. The summed E-state index contributed by atoms with van der Waals surface area (Å²) in [5, 5.41) is 14.0. The first-order valence-corrected chi connectivity index (χ1v) is 13.5. The Bertz CT molecular complexity index is 1240. The maximum absolute atomic E-state index is 12.7. The first-order valence-electron chi connectivity index (χ1n) is 12.7. The van der Waals surface area contributed by atoms with E-state index in [1.807, 2.05) is 37.3 Å². The van der Waals surface area contributed by atoms with Crippen molar-refractivity contribution in [2.24, 2.45) is 0 Å². The number of oxazole rings is 1. The SMILES string of the molecule is Cc1ncoc1COc1ccc2c(c1Br)CCN(C[C@@H](O)CCC(=O)c1cccc(NC3COC3)c1)C2. The highest BCUT2D eigenvalue weighted by Crippen LogP contribution is 2.35. The van der Waals surface area contributed by atoms with Crippen LogP contribution < -0.4 is 10.1 Å². The molecule has 1 aromatic heterocycles. The zero-order chi connectivity index (χ0) is 25.8. The summed E-state index contributed by atoms with van der Waals surface area (Å²) in [4.78, 5) is 19.1. The molecule has 3 heterocycles. The lowest BCUT2D eigenvalue weighted by molar-refractivity contribution is 0.0211. The van der Waals surface area contributed by atoms with Gasteiger partial charge in [-0.1, -0.05) is 18.2 Å². The van der Waals surface area contributed by atoms with Gasteiger partial charge < -0.3 is 24.3 Å². The van der Waals surface area contributed by atoms with Gasteiger partial charge in [-0.15, -0.1) is 0 Å². The van der Waals surface area contributed by atoms with Crippen molar-refractivity contribution in [3.8, 4) is 5.75 Å². The number of β-amino-alcohol motifs (C(OH)–C–C–N with tert-alkyl or cyclic N) is 1. The fourth-order valence-corrected chi connectivity index (χ4v) is 5.39. The monoisotopic (exact) mass is 569 g/mol. The van der Waals surface area contributed by atoms with Crippen LogP contribution in [0.25, 0.3) is 0 Å². The van der Waals surface area contributed by atoms with Gasteiger partial charge in [0.05, 0.1) is 35.5 Å². The summed E-state index contributed by atoms with van der Waals surface area (Å²) in [6.45, 7) is 5.73. The number of hydrogen-bond donors (Lipinski definition) is 2. The largest absolute Gasteiger partial charge is 0.484 e. The number of rotatable bonds is 11. The summed E-state index contributed by atoms with van der Waals surface area (Å²) in [6, 6.07) is 11.9. The maximum Gasteiger partial charge on any atom is 0.181 e. The van der Waals surface area contributed by atoms with Crippen LogP contribution in [0.1, 0.15) is 45.8 Å². The van der Waals surface area contributed by atoms with Crippen LogP contribution in [-0.2, 0) is 24.3 Å². The number of benzene rings is 2. The molecular weight excluding hydrogens is 538 g/mol. The van der Waals surface area contributed by atoms with E-state index in [0.29, 0.717) is 50.8 Å². The Morgan fingerprint density at radius 2 is 2.19 bits per heavy atom. The van der Waals surface area contributed by atoms with Crippen molar-refractivity contribution in [2.75, 3.05) is 31.6 Å². The zero-order valence-corrected chi connectivity index (χ0v) is 22.5. The molecule has 196 valence electrons. The molecule has 9 heteroatoms. The number of aromatic nitrogens is 1. The lowest BCUT2D eigenvalue weighted by Crippen LogP contribution is -2.40. The Kier molecular flexibility index (Phi) is 8.24. The van der Waals surface area contributed by atoms with Crippen molar-refractivity contribution in [3.63, 3.8) is 0 Å². The van der Waals surface area contributed by atoms with Gasteiger partial charge in [0.2, 0.25) is 0 Å². The van der Waals surface area contributed by atoms with Crippen molar-refractivity contribution in [3.05, 3.63) is 75.4 Å². The molecule has 37 heavy (non-hydrogen) atoms. The highest BCUT2D eigenvalue weighted by atomic mass is 79.9. The lowest BCUT2D eigenvalue weighted by Gasteiger charge is -2.31. The van der Waals surface area contributed by atoms with Crippen LogP contribution in [0, 0.1) is 6.92 Å². The van der Waals surface area contributed by atoms with E-state index in [1.165, 1.54) is 17.5 Å². The minimum atomic E-state index is -0.560. The number of Topliss-reactive ketones (excluding diaryl/α,β-unsaturated/α-hetero) is 1. The predicted octanol–water partition coefficient (Wildman–Crippen LogP) is 4.52. The fourth-order valence-electron chi connectivity index (χ4n) is 4.69. The van der Waals surface area contributed by atoms with Crippen molar-refractivity contribution >= 4 is 27.4 Å². The normalized spacial score (nSPS) is 16.6. The van der Waals surface area contributed by atoms with E-state index in [0.717, 1.165) is 46.9 Å². The second kappa shape index (κ2) is 11.8. The summed E-state index contributed by atoms with van der Waals surface area (Å²) < 4.78 is 17.5. The Labute approximate surface area is 225 Å². The average molecular weight is 570 g/mol. The Morgan fingerprint density at radius 1 is 1.32 bits per heavy atom. The van der Waals surface area contributed by atoms with Crippen molar-refractivity contribution in [2.45, 2.75) is 51.5 Å². The molecule has 1 fully saturated rings. The number of hydrogen-bond acceptors (Lipinski definition) is 8. The van der Waals surface area contributed by atoms with E-state index >= 15 is 0 Å². The number of nitrogens with zero attached hydrogens (tertiary/aromatic N) is 2. The van der Waals surface area contributed by atoms with Crippen molar-refractivity contribution in [1.29, 1.82) is 0 Å². The smallest absolute Gasteiger partial charge is 0.181 e. The molecular formula is C28H32BrN3O5. The molecule has 0 spiro atoms. The maximum atomic E-state index is 12.7. The number of aryl methyl sites for hydroxylation is 1. The van der Waals surface area contributed by atoms with Crippen LogP contribution in [0.4, 0.5) is 5.69 Å². The van der Waals surface area contributed by atoms with E-state index in [9.17, 15) is 9.90 Å². The molecule has 8 nitrogen and oxygen atoms in total. The summed E-state index contributed by atoms with van der Waals surface area (Å²) in [6.07, 6.45) is 2.48. The molecule has 2 aliphatic rings. The van der Waals surface area contributed by atoms with Crippen LogP contribution in [-0.4, -0.2) is 59.2 Å². The third kappa shape index (κ3) is 6.41. The van der Waals surface area contributed by atoms with Crippen LogP contribution >= 0.6 is 15.9 Å². The number of nitrogens with one attached hydrogen (secondary N) is 1. The average Bonchev–Trinajstić information content (AvgIpc) is 3.29. The van der Waals surface area contributed by atoms with Crippen LogP contribution in [0.2, 0.25) is 0 Å². The quantitative estimate of drug-likeness (QED) is 0.325. The standard InChI is InChI=1S/C28H32BrN3O5/c1-18-27(37-17-30-18)16-36-26-8-5-20-12-32(10-9-24(20)28(26)29)13-23(33)6-7-25(34)19-3-2-4-21(11-19)31-22-14-35-15-22/h2-5,8,11,17,22-23,31,33H,6-7,9-10,12-16H2,1H3/t23-/m0/s1. The molecule has 0 saturated carbocycles.